The van der Waals surface area contributed by atoms with E-state index in [4.69, 9.17) is 0 Å². The largest absolute Gasteiger partial charge is 0.352 e. The first-order valence-corrected chi connectivity index (χ1v) is 11.9. The number of thiophene rings is 1. The van der Waals surface area contributed by atoms with Crippen molar-refractivity contribution in [1.29, 1.82) is 0 Å². The molecular formula is C24H32N2OS. The third-order valence-corrected chi connectivity index (χ3v) is 7.00. The molecule has 150 valence electrons. The highest BCUT2D eigenvalue weighted by Gasteiger charge is 2.30. The lowest BCUT2D eigenvalue weighted by Gasteiger charge is -2.35. The molecule has 0 bridgehead atoms. The summed E-state index contributed by atoms with van der Waals surface area (Å²) in [4.78, 5) is 15.4. The van der Waals surface area contributed by atoms with E-state index >= 15 is 0 Å². The Morgan fingerprint density at radius 3 is 2.39 bits per heavy atom. The van der Waals surface area contributed by atoms with Gasteiger partial charge in [-0.2, -0.15) is 11.3 Å². The Morgan fingerprint density at radius 2 is 1.68 bits per heavy atom. The molecule has 3 nitrogen and oxygen atoms in total. The first-order chi connectivity index (χ1) is 13.8. The van der Waals surface area contributed by atoms with Gasteiger partial charge in [0.2, 0.25) is 5.91 Å². The molecule has 28 heavy (non-hydrogen) atoms. The molecule has 1 amide bonds. The van der Waals surface area contributed by atoms with Crippen LogP contribution in [0.1, 0.15) is 63.4 Å². The number of hydrogen-bond donors (Lipinski definition) is 1. The summed E-state index contributed by atoms with van der Waals surface area (Å²) in [5.74, 6) is 0.265. The van der Waals surface area contributed by atoms with Gasteiger partial charge in [0.05, 0.1) is 6.04 Å². The van der Waals surface area contributed by atoms with Gasteiger partial charge in [0.15, 0.2) is 0 Å². The van der Waals surface area contributed by atoms with Crippen molar-refractivity contribution in [2.75, 3.05) is 6.54 Å². The molecule has 1 saturated heterocycles. The predicted octanol–water partition coefficient (Wildman–Crippen LogP) is 5.61. The molecule has 4 heteroatoms. The average molecular weight is 397 g/mol. The van der Waals surface area contributed by atoms with Crippen LogP contribution < -0.4 is 5.32 Å². The summed E-state index contributed by atoms with van der Waals surface area (Å²) in [7, 11) is 0. The number of rotatable bonds is 5. The monoisotopic (exact) mass is 396 g/mol. The number of carbonyl (C=O) groups excluding carboxylic acids is 1. The highest BCUT2D eigenvalue weighted by atomic mass is 32.1. The lowest BCUT2D eigenvalue weighted by Crippen LogP contribution is -2.51. The molecule has 1 saturated carbocycles. The third kappa shape index (κ3) is 5.03. The Bertz CT molecular complexity index is 732. The summed E-state index contributed by atoms with van der Waals surface area (Å²) in [6, 6.07) is 11.5. The number of likely N-dealkylation sites (tertiary alicyclic amines) is 1. The van der Waals surface area contributed by atoms with Gasteiger partial charge in [-0.1, -0.05) is 56.4 Å². The molecule has 2 fully saturated rings. The van der Waals surface area contributed by atoms with Gasteiger partial charge >= 0.3 is 0 Å². The molecule has 1 aliphatic carbocycles. The van der Waals surface area contributed by atoms with E-state index < -0.39 is 0 Å². The van der Waals surface area contributed by atoms with Crippen LogP contribution in [0.4, 0.5) is 0 Å². The number of benzene rings is 1. The Kier molecular flexibility index (Phi) is 6.81. The Morgan fingerprint density at radius 1 is 0.929 bits per heavy atom. The first kappa shape index (κ1) is 19.7. The zero-order valence-electron chi connectivity index (χ0n) is 16.7. The van der Waals surface area contributed by atoms with Crippen molar-refractivity contribution in [3.8, 4) is 11.1 Å². The summed E-state index contributed by atoms with van der Waals surface area (Å²) in [5, 5.41) is 7.70. The topological polar surface area (TPSA) is 32.3 Å². The molecule has 1 unspecified atom stereocenters. The third-order valence-electron chi connectivity index (χ3n) is 6.31. The molecule has 0 radical (unpaired) electrons. The van der Waals surface area contributed by atoms with Crippen molar-refractivity contribution in [2.45, 2.75) is 76.4 Å². The smallest absolute Gasteiger partial charge is 0.237 e. The summed E-state index contributed by atoms with van der Waals surface area (Å²) in [6.45, 7) is 1.89. The maximum absolute atomic E-state index is 13.0. The Balaban J connectivity index is 1.38. The summed E-state index contributed by atoms with van der Waals surface area (Å²) >= 11 is 1.73. The van der Waals surface area contributed by atoms with Crippen molar-refractivity contribution in [3.63, 3.8) is 0 Å². The van der Waals surface area contributed by atoms with Crippen LogP contribution in [-0.2, 0) is 11.3 Å². The maximum atomic E-state index is 13.0. The lowest BCUT2D eigenvalue weighted by atomic mass is 9.99. The molecule has 1 aromatic carbocycles. The fraction of sp³-hybridized carbons (Fsp3) is 0.542. The highest BCUT2D eigenvalue weighted by molar-refractivity contribution is 7.08. The van der Waals surface area contributed by atoms with Gasteiger partial charge in [-0.3, -0.25) is 9.69 Å². The fourth-order valence-corrected chi connectivity index (χ4v) is 5.33. The summed E-state index contributed by atoms with van der Waals surface area (Å²) in [5.41, 5.74) is 3.86. The molecule has 2 aromatic rings. The summed E-state index contributed by atoms with van der Waals surface area (Å²) in [6.07, 6.45) is 10.8. The number of amides is 1. The van der Waals surface area contributed by atoms with Gasteiger partial charge in [0.1, 0.15) is 0 Å². The van der Waals surface area contributed by atoms with Crippen LogP contribution in [0, 0.1) is 0 Å². The second-order valence-electron chi connectivity index (χ2n) is 8.39. The van der Waals surface area contributed by atoms with Crippen LogP contribution in [0.2, 0.25) is 0 Å². The van der Waals surface area contributed by atoms with Crippen LogP contribution in [0.5, 0.6) is 0 Å². The van der Waals surface area contributed by atoms with E-state index in [1.807, 2.05) is 0 Å². The number of hydrogen-bond acceptors (Lipinski definition) is 3. The normalized spacial score (nSPS) is 21.9. The quantitative estimate of drug-likeness (QED) is 0.666. The zero-order valence-corrected chi connectivity index (χ0v) is 17.6. The Labute approximate surface area is 173 Å². The molecule has 2 heterocycles. The van der Waals surface area contributed by atoms with E-state index in [0.29, 0.717) is 6.04 Å². The number of nitrogens with one attached hydrogen (secondary N) is 1. The molecule has 1 aromatic heterocycles. The fourth-order valence-electron chi connectivity index (χ4n) is 4.66. The maximum Gasteiger partial charge on any atom is 0.237 e. The van der Waals surface area contributed by atoms with Crippen molar-refractivity contribution < 1.29 is 4.79 Å². The number of piperidine rings is 1. The van der Waals surface area contributed by atoms with Gasteiger partial charge in [0.25, 0.3) is 0 Å². The standard InChI is InChI=1S/C24H32N2OS/c27-24(25-22-7-3-1-2-4-8-22)23-9-5-6-15-26(23)17-19-10-12-20(13-11-19)21-14-16-28-18-21/h10-14,16,18,22-23H,1-9,15,17H2,(H,25,27). The highest BCUT2D eigenvalue weighted by Crippen LogP contribution is 2.25. The van der Waals surface area contributed by atoms with Crippen molar-refractivity contribution >= 4 is 17.2 Å². The zero-order chi connectivity index (χ0) is 19.2. The van der Waals surface area contributed by atoms with Crippen LogP contribution in [-0.4, -0.2) is 29.4 Å². The minimum Gasteiger partial charge on any atom is -0.352 e. The molecule has 4 rings (SSSR count). The minimum absolute atomic E-state index is 0.0357. The van der Waals surface area contributed by atoms with E-state index in [2.05, 4.69) is 51.3 Å². The second-order valence-corrected chi connectivity index (χ2v) is 9.17. The minimum atomic E-state index is 0.0357. The van der Waals surface area contributed by atoms with Gasteiger partial charge in [-0.15, -0.1) is 0 Å². The van der Waals surface area contributed by atoms with Crippen LogP contribution in [0.3, 0.4) is 0 Å². The molecular weight excluding hydrogens is 364 g/mol. The number of nitrogens with zero attached hydrogens (tertiary/aromatic N) is 1. The van der Waals surface area contributed by atoms with Gasteiger partial charge in [0, 0.05) is 12.6 Å². The molecule has 0 spiro atoms. The van der Waals surface area contributed by atoms with Gasteiger partial charge in [-0.05, 0) is 65.7 Å². The molecule has 1 N–H and O–H groups in total. The Hall–Kier alpha value is -1.65. The van der Waals surface area contributed by atoms with Crippen LogP contribution in [0.25, 0.3) is 11.1 Å². The van der Waals surface area contributed by atoms with E-state index in [0.717, 1.165) is 38.8 Å². The van der Waals surface area contributed by atoms with E-state index in [-0.39, 0.29) is 11.9 Å². The molecule has 1 aliphatic heterocycles. The molecule has 1 atom stereocenters. The van der Waals surface area contributed by atoms with E-state index in [9.17, 15) is 4.79 Å². The van der Waals surface area contributed by atoms with E-state index in [1.54, 1.807) is 11.3 Å². The van der Waals surface area contributed by atoms with Crippen LogP contribution >= 0.6 is 11.3 Å². The summed E-state index contributed by atoms with van der Waals surface area (Å²) < 4.78 is 0. The number of carbonyl (C=O) groups is 1. The van der Waals surface area contributed by atoms with Gasteiger partial charge in [-0.25, -0.2) is 0 Å². The molecule has 2 aliphatic rings. The van der Waals surface area contributed by atoms with Crippen molar-refractivity contribution in [1.82, 2.24) is 10.2 Å². The SMILES string of the molecule is O=C(NC1CCCCCC1)C1CCCCN1Cc1ccc(-c2ccsc2)cc1. The first-order valence-electron chi connectivity index (χ1n) is 11.0. The van der Waals surface area contributed by atoms with Crippen LogP contribution in [0.15, 0.2) is 41.1 Å². The van der Waals surface area contributed by atoms with E-state index in [1.165, 1.54) is 48.8 Å². The lowest BCUT2D eigenvalue weighted by molar-refractivity contribution is -0.128. The predicted molar refractivity (Wildman–Crippen MR) is 117 cm³/mol. The van der Waals surface area contributed by atoms with Crippen molar-refractivity contribution in [2.24, 2.45) is 0 Å². The second kappa shape index (κ2) is 9.71. The average Bonchev–Trinajstić information content (AvgIpc) is 3.14. The van der Waals surface area contributed by atoms with Gasteiger partial charge < -0.3 is 5.32 Å². The van der Waals surface area contributed by atoms with Crippen molar-refractivity contribution in [3.05, 3.63) is 46.7 Å².